The first kappa shape index (κ1) is 33.8. The molecular weight excluding hydrogens is 715 g/mol. The van der Waals surface area contributed by atoms with Gasteiger partial charge in [-0.3, -0.25) is 0 Å². The Hall–Kier alpha value is -6.79. The molecule has 0 N–H and O–H groups in total. The molecule has 2 heterocycles. The molecule has 0 saturated carbocycles. The van der Waals surface area contributed by atoms with E-state index in [1.54, 1.807) is 0 Å². The highest BCUT2D eigenvalue weighted by atomic mass is 32.1. The van der Waals surface area contributed by atoms with Gasteiger partial charge in [-0.05, 0) is 50.1 Å². The van der Waals surface area contributed by atoms with E-state index in [0.29, 0.717) is 17.5 Å². The fourth-order valence-electron chi connectivity index (χ4n) is 8.14. The summed E-state index contributed by atoms with van der Waals surface area (Å²) in [7, 11) is -2.78. The normalized spacial score (nSPS) is 11.6. The largest absolute Gasteiger partial charge is 0.208 e. The first-order valence-corrected chi connectivity index (χ1v) is 21.7. The summed E-state index contributed by atoms with van der Waals surface area (Å²) in [5, 5.41) is 7.75. The lowest BCUT2D eigenvalue weighted by Crippen LogP contribution is -2.74. The van der Waals surface area contributed by atoms with E-state index < -0.39 is 8.07 Å². The standard InChI is InChI=1S/C51H35N3SSi/c1-6-19-36(20-7-1)45-34-39(35-47-48(45)44-31-16-17-32-46(44)55-47)51-53-49(37-21-8-2-9-22-37)52-50(54-51)38-23-18-30-43(33-38)56(40-24-10-3-11-25-40,41-26-12-4-13-27-41)42-28-14-5-15-29-42/h1-35H. The summed E-state index contributed by atoms with van der Waals surface area (Å²) in [4.78, 5) is 15.7. The summed E-state index contributed by atoms with van der Waals surface area (Å²) in [5.74, 6) is 1.94. The molecule has 3 nitrogen and oxygen atoms in total. The fraction of sp³-hybridized carbons (Fsp3) is 0. The van der Waals surface area contributed by atoms with E-state index in [1.165, 1.54) is 46.5 Å². The summed E-state index contributed by atoms with van der Waals surface area (Å²) in [6.45, 7) is 0. The lowest BCUT2D eigenvalue weighted by molar-refractivity contribution is 1.07. The molecule has 0 amide bonds. The van der Waals surface area contributed by atoms with Crippen molar-refractivity contribution < 1.29 is 0 Å². The molecule has 0 saturated heterocycles. The molecule has 8 aromatic carbocycles. The highest BCUT2D eigenvalue weighted by Crippen LogP contribution is 2.42. The molecule has 56 heavy (non-hydrogen) atoms. The van der Waals surface area contributed by atoms with Gasteiger partial charge in [0.1, 0.15) is 0 Å². The molecule has 10 aromatic rings. The van der Waals surface area contributed by atoms with E-state index in [2.05, 4.69) is 194 Å². The fourth-order valence-corrected chi connectivity index (χ4v) is 14.1. The van der Waals surface area contributed by atoms with Crippen LogP contribution in [-0.4, -0.2) is 23.0 Å². The van der Waals surface area contributed by atoms with Gasteiger partial charge in [0, 0.05) is 36.9 Å². The maximum absolute atomic E-state index is 5.33. The molecule has 10 rings (SSSR count). The first-order chi connectivity index (χ1) is 27.8. The Morgan fingerprint density at radius 2 is 0.768 bits per heavy atom. The van der Waals surface area contributed by atoms with Gasteiger partial charge in [-0.15, -0.1) is 11.3 Å². The number of hydrogen-bond donors (Lipinski definition) is 0. The van der Waals surface area contributed by atoms with Crippen LogP contribution in [0.2, 0.25) is 0 Å². The van der Waals surface area contributed by atoms with Gasteiger partial charge < -0.3 is 0 Å². The number of fused-ring (bicyclic) bond motifs is 3. The van der Waals surface area contributed by atoms with Crippen molar-refractivity contribution in [3.8, 4) is 45.3 Å². The van der Waals surface area contributed by atoms with Crippen LogP contribution in [0.1, 0.15) is 0 Å². The molecule has 0 bridgehead atoms. The van der Waals surface area contributed by atoms with Gasteiger partial charge in [-0.25, -0.2) is 15.0 Å². The number of hydrogen-bond acceptors (Lipinski definition) is 4. The Kier molecular flexibility index (Phi) is 8.71. The second kappa shape index (κ2) is 14.5. The van der Waals surface area contributed by atoms with E-state index in [4.69, 9.17) is 15.0 Å². The van der Waals surface area contributed by atoms with Gasteiger partial charge in [-0.2, -0.15) is 0 Å². The number of thiophene rings is 1. The average Bonchev–Trinajstić information content (AvgIpc) is 3.67. The summed E-state index contributed by atoms with van der Waals surface area (Å²) in [6.07, 6.45) is 0. The highest BCUT2D eigenvalue weighted by Gasteiger charge is 2.41. The van der Waals surface area contributed by atoms with Crippen LogP contribution in [0.3, 0.4) is 0 Å². The Morgan fingerprint density at radius 1 is 0.321 bits per heavy atom. The van der Waals surface area contributed by atoms with Gasteiger partial charge in [0.15, 0.2) is 25.5 Å². The summed E-state index contributed by atoms with van der Waals surface area (Å²) < 4.78 is 2.47. The molecule has 0 radical (unpaired) electrons. The molecule has 0 aliphatic carbocycles. The second-order valence-corrected chi connectivity index (χ2v) is 18.9. The van der Waals surface area contributed by atoms with E-state index in [9.17, 15) is 0 Å². The van der Waals surface area contributed by atoms with Crippen LogP contribution in [0.4, 0.5) is 0 Å². The van der Waals surface area contributed by atoms with Crippen LogP contribution in [0.25, 0.3) is 65.5 Å². The zero-order chi connectivity index (χ0) is 37.3. The van der Waals surface area contributed by atoms with Crippen LogP contribution in [-0.2, 0) is 0 Å². The summed E-state index contributed by atoms with van der Waals surface area (Å²) in [5.41, 5.74) is 5.19. The van der Waals surface area contributed by atoms with Crippen molar-refractivity contribution in [2.24, 2.45) is 0 Å². The predicted octanol–water partition coefficient (Wildman–Crippen LogP) is 10.3. The number of rotatable bonds is 8. The van der Waals surface area contributed by atoms with Gasteiger partial charge in [-0.1, -0.05) is 194 Å². The third kappa shape index (κ3) is 5.94. The van der Waals surface area contributed by atoms with Crippen molar-refractivity contribution in [1.29, 1.82) is 0 Å². The van der Waals surface area contributed by atoms with Crippen molar-refractivity contribution >= 4 is 60.3 Å². The third-order valence-corrected chi connectivity index (χ3v) is 16.6. The van der Waals surface area contributed by atoms with Gasteiger partial charge in [0.25, 0.3) is 0 Å². The third-order valence-electron chi connectivity index (χ3n) is 10.7. The van der Waals surface area contributed by atoms with Crippen molar-refractivity contribution in [3.63, 3.8) is 0 Å². The minimum Gasteiger partial charge on any atom is -0.208 e. The van der Waals surface area contributed by atoms with Crippen molar-refractivity contribution in [1.82, 2.24) is 15.0 Å². The van der Waals surface area contributed by atoms with Crippen LogP contribution in [0, 0.1) is 0 Å². The molecule has 0 atom stereocenters. The highest BCUT2D eigenvalue weighted by molar-refractivity contribution is 7.26. The first-order valence-electron chi connectivity index (χ1n) is 18.9. The van der Waals surface area contributed by atoms with Crippen LogP contribution < -0.4 is 20.7 Å². The summed E-state index contributed by atoms with van der Waals surface area (Å²) >= 11 is 1.81. The monoisotopic (exact) mass is 749 g/mol. The van der Waals surface area contributed by atoms with Gasteiger partial charge in [0.05, 0.1) is 0 Å². The Balaban J connectivity index is 1.22. The molecule has 2 aromatic heterocycles. The topological polar surface area (TPSA) is 38.7 Å². The maximum Gasteiger partial charge on any atom is 0.179 e. The smallest absolute Gasteiger partial charge is 0.179 e. The number of nitrogens with zero attached hydrogens (tertiary/aromatic N) is 3. The molecule has 0 unspecified atom stereocenters. The van der Waals surface area contributed by atoms with Gasteiger partial charge >= 0.3 is 0 Å². The zero-order valence-corrected chi connectivity index (χ0v) is 32.3. The molecule has 0 aliphatic rings. The quantitative estimate of drug-likeness (QED) is 0.115. The summed E-state index contributed by atoms with van der Waals surface area (Å²) in [6, 6.07) is 76.1. The Bertz CT molecular complexity index is 2860. The van der Waals surface area contributed by atoms with E-state index in [-0.39, 0.29) is 0 Å². The average molecular weight is 750 g/mol. The number of aromatic nitrogens is 3. The minimum atomic E-state index is -2.78. The lowest BCUT2D eigenvalue weighted by atomic mass is 9.97. The van der Waals surface area contributed by atoms with E-state index in [0.717, 1.165) is 22.3 Å². The minimum absolute atomic E-state index is 0.644. The maximum atomic E-state index is 5.33. The SMILES string of the molecule is c1ccc(-c2nc(-c3cccc([Si](c4ccccc4)(c4ccccc4)c4ccccc4)c3)nc(-c3cc(-c4ccccc4)c4c(c3)sc3ccccc34)n2)cc1. The van der Waals surface area contributed by atoms with Crippen molar-refractivity contribution in [2.45, 2.75) is 0 Å². The van der Waals surface area contributed by atoms with E-state index in [1.807, 2.05) is 29.5 Å². The van der Waals surface area contributed by atoms with Crippen molar-refractivity contribution in [2.75, 3.05) is 0 Å². The Morgan fingerprint density at radius 3 is 1.36 bits per heavy atom. The molecule has 0 fully saturated rings. The second-order valence-electron chi connectivity index (χ2n) is 14.0. The van der Waals surface area contributed by atoms with Crippen molar-refractivity contribution in [3.05, 3.63) is 212 Å². The van der Waals surface area contributed by atoms with Crippen LogP contribution in [0.15, 0.2) is 212 Å². The Labute approximate surface area is 331 Å². The van der Waals surface area contributed by atoms with E-state index >= 15 is 0 Å². The molecule has 264 valence electrons. The number of benzene rings is 8. The molecule has 5 heteroatoms. The molecule has 0 spiro atoms. The zero-order valence-electron chi connectivity index (χ0n) is 30.5. The molecule has 0 aliphatic heterocycles. The van der Waals surface area contributed by atoms with Crippen LogP contribution >= 0.6 is 11.3 Å². The predicted molar refractivity (Wildman–Crippen MR) is 238 cm³/mol. The van der Waals surface area contributed by atoms with Crippen LogP contribution in [0.5, 0.6) is 0 Å². The lowest BCUT2D eigenvalue weighted by Gasteiger charge is -2.34. The van der Waals surface area contributed by atoms with Gasteiger partial charge in [0.2, 0.25) is 0 Å². The molecular formula is C51H35N3SSi.